The first-order valence-corrected chi connectivity index (χ1v) is 17.5. The number of carbonyl (C=O) groups excluding carboxylic acids is 2. The third kappa shape index (κ3) is 8.88. The Hall–Kier alpha value is -5.55. The summed E-state index contributed by atoms with van der Waals surface area (Å²) in [5.41, 5.74) is 4.48. The van der Waals surface area contributed by atoms with Crippen molar-refractivity contribution in [3.8, 4) is 11.5 Å². The van der Waals surface area contributed by atoms with Crippen molar-refractivity contribution < 1.29 is 28.1 Å². The van der Waals surface area contributed by atoms with Gasteiger partial charge in [-0.2, -0.15) is 0 Å². The smallest absolute Gasteiger partial charge is 0.395 e. The molecule has 0 bridgehead atoms. The quantitative estimate of drug-likeness (QED) is 0.0920. The summed E-state index contributed by atoms with van der Waals surface area (Å²) in [7, 11) is -4.63. The topological polar surface area (TPSA) is 89.9 Å². The molecule has 0 heterocycles. The number of phosphoric acid groups is 1. The first kappa shape index (κ1) is 33.4. The molecule has 0 amide bonds. The Labute approximate surface area is 286 Å². The number of rotatable bonds is 14. The van der Waals surface area contributed by atoms with Gasteiger partial charge in [0, 0.05) is 11.1 Å². The minimum Gasteiger partial charge on any atom is -0.395 e. The maximum Gasteiger partial charge on any atom is 0.584 e. The van der Waals surface area contributed by atoms with Crippen molar-refractivity contribution in [3.63, 3.8) is 0 Å². The van der Waals surface area contributed by atoms with Crippen LogP contribution in [0.4, 0.5) is 0 Å². The zero-order valence-electron chi connectivity index (χ0n) is 26.7. The Morgan fingerprint density at radius 1 is 0.490 bits per heavy atom. The second-order valence-electron chi connectivity index (χ2n) is 11.7. The highest BCUT2D eigenvalue weighted by molar-refractivity contribution is 7.48. The summed E-state index contributed by atoms with van der Waals surface area (Å²) in [6.07, 6.45) is 0.718. The molecule has 0 aliphatic heterocycles. The molecule has 7 heteroatoms. The van der Waals surface area contributed by atoms with Crippen LogP contribution in [0.1, 0.15) is 54.8 Å². The van der Waals surface area contributed by atoms with Crippen LogP contribution in [0, 0.1) is 0 Å². The van der Waals surface area contributed by atoms with Gasteiger partial charge in [0.1, 0.15) is 11.5 Å². The first-order chi connectivity index (χ1) is 23.8. The number of carbonyl (C=O) groups is 2. The van der Waals surface area contributed by atoms with E-state index in [1.165, 1.54) is 0 Å². The van der Waals surface area contributed by atoms with E-state index in [2.05, 4.69) is 0 Å². The second-order valence-corrected chi connectivity index (χ2v) is 13.0. The molecular weight excluding hydrogens is 631 g/mol. The van der Waals surface area contributed by atoms with E-state index in [-0.39, 0.29) is 23.1 Å². The van der Waals surface area contributed by atoms with Crippen LogP contribution in [0.5, 0.6) is 11.5 Å². The van der Waals surface area contributed by atoms with Crippen molar-refractivity contribution in [2.24, 2.45) is 0 Å². The van der Waals surface area contributed by atoms with E-state index >= 15 is 0 Å². The van der Waals surface area contributed by atoms with Gasteiger partial charge in [0.2, 0.25) is 0 Å². The van der Waals surface area contributed by atoms with Crippen LogP contribution >= 0.6 is 7.82 Å². The minimum atomic E-state index is -4.63. The Morgan fingerprint density at radius 2 is 0.837 bits per heavy atom. The number of phosphoric ester groups is 1. The summed E-state index contributed by atoms with van der Waals surface area (Å²) >= 11 is 0. The highest BCUT2D eigenvalue weighted by Gasteiger charge is 2.28. The van der Waals surface area contributed by atoms with Gasteiger partial charge in [-0.25, -0.2) is 4.57 Å². The fraction of sp³-hybridized carbons (Fsp3) is 0.0952. The SMILES string of the molecule is O=C(c1ccccc1)C(Cc1cccc(OP(=O)(O)Oc2cccc(CC(C(=O)c3ccccc3)c3ccccc3)c2)c1)c1ccccc1. The van der Waals surface area contributed by atoms with E-state index in [0.717, 1.165) is 22.3 Å². The van der Waals surface area contributed by atoms with Gasteiger partial charge in [-0.15, -0.1) is 0 Å². The van der Waals surface area contributed by atoms with Crippen LogP contribution in [0.25, 0.3) is 0 Å². The van der Waals surface area contributed by atoms with E-state index in [4.69, 9.17) is 9.05 Å². The van der Waals surface area contributed by atoms with Gasteiger partial charge in [0.05, 0.1) is 11.8 Å². The molecule has 0 saturated heterocycles. The summed E-state index contributed by atoms with van der Waals surface area (Å²) in [6.45, 7) is 0. The van der Waals surface area contributed by atoms with Gasteiger partial charge in [-0.1, -0.05) is 146 Å². The van der Waals surface area contributed by atoms with Crippen LogP contribution < -0.4 is 9.05 Å². The molecule has 0 radical (unpaired) electrons. The predicted molar refractivity (Wildman–Crippen MR) is 191 cm³/mol. The highest BCUT2D eigenvalue weighted by Crippen LogP contribution is 2.45. The third-order valence-corrected chi connectivity index (χ3v) is 9.15. The third-order valence-electron chi connectivity index (χ3n) is 8.27. The lowest BCUT2D eigenvalue weighted by molar-refractivity contribution is 0.0951. The van der Waals surface area contributed by atoms with Crippen molar-refractivity contribution >= 4 is 19.4 Å². The molecule has 0 saturated carbocycles. The van der Waals surface area contributed by atoms with Crippen molar-refractivity contribution in [2.75, 3.05) is 0 Å². The number of ketones is 2. The Balaban J connectivity index is 1.17. The molecule has 0 aliphatic carbocycles. The van der Waals surface area contributed by atoms with Gasteiger partial charge in [0.15, 0.2) is 11.6 Å². The minimum absolute atomic E-state index is 0.0193. The zero-order valence-corrected chi connectivity index (χ0v) is 27.6. The molecule has 49 heavy (non-hydrogen) atoms. The monoisotopic (exact) mass is 666 g/mol. The van der Waals surface area contributed by atoms with Crippen LogP contribution in [0.2, 0.25) is 0 Å². The molecule has 6 nitrogen and oxygen atoms in total. The van der Waals surface area contributed by atoms with Gasteiger partial charge in [-0.05, 0) is 59.4 Å². The standard InChI is InChI=1S/C42H35O6P/c43-41(35-21-9-3-10-22-35)39(33-17-5-1-6-18-33)29-31-15-13-25-37(27-31)47-49(45,46)48-38-26-14-16-32(28-38)30-40(34-19-7-2-8-20-34)42(44)36-23-11-4-12-24-36/h1-28,39-40H,29-30H2,(H,45,46). The maximum atomic E-state index is 13.6. The van der Waals surface area contributed by atoms with Crippen LogP contribution in [0.15, 0.2) is 170 Å². The molecular formula is C42H35O6P. The highest BCUT2D eigenvalue weighted by atomic mass is 31.2. The molecule has 0 aromatic heterocycles. The molecule has 1 N–H and O–H groups in total. The predicted octanol–water partition coefficient (Wildman–Crippen LogP) is 9.66. The lowest BCUT2D eigenvalue weighted by atomic mass is 9.85. The average molecular weight is 667 g/mol. The number of hydrogen-bond donors (Lipinski definition) is 1. The maximum absolute atomic E-state index is 13.6. The van der Waals surface area contributed by atoms with E-state index < -0.39 is 19.7 Å². The first-order valence-electron chi connectivity index (χ1n) is 16.0. The largest absolute Gasteiger partial charge is 0.584 e. The summed E-state index contributed by atoms with van der Waals surface area (Å²) in [6, 6.07) is 51.0. The number of hydrogen-bond acceptors (Lipinski definition) is 5. The molecule has 0 spiro atoms. The summed E-state index contributed by atoms with van der Waals surface area (Å²) in [4.78, 5) is 38.0. The van der Waals surface area contributed by atoms with E-state index in [1.54, 1.807) is 60.7 Å². The van der Waals surface area contributed by atoms with Crippen LogP contribution in [-0.2, 0) is 17.4 Å². The van der Waals surface area contributed by atoms with E-state index in [1.807, 2.05) is 109 Å². The molecule has 6 aromatic carbocycles. The molecule has 2 atom stereocenters. The molecule has 2 unspecified atom stereocenters. The van der Waals surface area contributed by atoms with Crippen molar-refractivity contribution in [1.29, 1.82) is 0 Å². The van der Waals surface area contributed by atoms with Crippen LogP contribution in [-0.4, -0.2) is 16.5 Å². The van der Waals surface area contributed by atoms with Crippen molar-refractivity contribution in [3.05, 3.63) is 203 Å². The fourth-order valence-corrected chi connectivity index (χ4v) is 6.71. The lowest BCUT2D eigenvalue weighted by Gasteiger charge is -2.19. The van der Waals surface area contributed by atoms with E-state index in [0.29, 0.717) is 24.0 Å². The lowest BCUT2D eigenvalue weighted by Crippen LogP contribution is -2.16. The second kappa shape index (κ2) is 15.6. The van der Waals surface area contributed by atoms with Crippen molar-refractivity contribution in [1.82, 2.24) is 0 Å². The van der Waals surface area contributed by atoms with Gasteiger partial charge < -0.3 is 9.05 Å². The average Bonchev–Trinajstić information content (AvgIpc) is 3.13. The van der Waals surface area contributed by atoms with Crippen LogP contribution in [0.3, 0.4) is 0 Å². The van der Waals surface area contributed by atoms with Crippen molar-refractivity contribution in [2.45, 2.75) is 24.7 Å². The molecule has 244 valence electrons. The van der Waals surface area contributed by atoms with Gasteiger partial charge in [-0.3, -0.25) is 14.5 Å². The Kier molecular flexibility index (Phi) is 10.6. The molecule has 6 aromatic rings. The Bertz CT molecular complexity index is 1900. The summed E-state index contributed by atoms with van der Waals surface area (Å²) in [5.74, 6) is -0.699. The summed E-state index contributed by atoms with van der Waals surface area (Å²) in [5, 5.41) is 0. The zero-order chi connectivity index (χ0) is 34.1. The normalized spacial score (nSPS) is 13.4. The van der Waals surface area contributed by atoms with Gasteiger partial charge in [0.25, 0.3) is 0 Å². The van der Waals surface area contributed by atoms with E-state index in [9.17, 15) is 19.0 Å². The van der Waals surface area contributed by atoms with Gasteiger partial charge >= 0.3 is 7.82 Å². The number of Topliss-reactive ketones (excluding diaryl/α,β-unsaturated/α-hetero) is 2. The molecule has 6 rings (SSSR count). The number of benzene rings is 6. The Morgan fingerprint density at radius 3 is 1.20 bits per heavy atom. The molecule has 0 fully saturated rings. The molecule has 0 aliphatic rings. The summed E-state index contributed by atoms with van der Waals surface area (Å²) < 4.78 is 24.3. The fourth-order valence-electron chi connectivity index (χ4n) is 5.92.